The highest BCUT2D eigenvalue weighted by Crippen LogP contribution is 2.16. The van der Waals surface area contributed by atoms with Crippen LogP contribution in [0, 0.1) is 0 Å². The Hall–Kier alpha value is -2.34. The molecule has 0 spiro atoms. The van der Waals surface area contributed by atoms with Crippen LogP contribution in [0.2, 0.25) is 0 Å². The van der Waals surface area contributed by atoms with Gasteiger partial charge in [-0.15, -0.1) is 6.58 Å². The second-order valence-electron chi connectivity index (χ2n) is 4.84. The van der Waals surface area contributed by atoms with E-state index in [1.165, 1.54) is 0 Å². The van der Waals surface area contributed by atoms with Crippen molar-refractivity contribution in [3.63, 3.8) is 0 Å². The molecule has 3 aromatic rings. The normalized spacial score (nSPS) is 10.9. The fourth-order valence-electron chi connectivity index (χ4n) is 2.35. The summed E-state index contributed by atoms with van der Waals surface area (Å²) in [6.45, 7) is 4.84. The van der Waals surface area contributed by atoms with E-state index in [1.807, 2.05) is 35.5 Å². The highest BCUT2D eigenvalue weighted by atomic mass is 32.1. The Morgan fingerprint density at radius 2 is 2.38 bits per heavy atom. The van der Waals surface area contributed by atoms with Crippen molar-refractivity contribution >= 4 is 22.9 Å². The van der Waals surface area contributed by atoms with Gasteiger partial charge in [-0.05, 0) is 22.4 Å². The third-order valence-corrected chi connectivity index (χ3v) is 4.09. The van der Waals surface area contributed by atoms with Crippen molar-refractivity contribution in [2.75, 3.05) is 6.54 Å². The number of rotatable bonds is 5. The van der Waals surface area contributed by atoms with Crippen LogP contribution in [-0.4, -0.2) is 31.5 Å². The summed E-state index contributed by atoms with van der Waals surface area (Å²) in [6.07, 6.45) is 7.09. The van der Waals surface area contributed by atoms with Crippen molar-refractivity contribution in [3.05, 3.63) is 59.2 Å². The van der Waals surface area contributed by atoms with Crippen LogP contribution in [0.15, 0.2) is 48.1 Å². The Morgan fingerprint density at radius 1 is 1.52 bits per heavy atom. The molecule has 0 radical (unpaired) electrons. The number of nitrogens with zero attached hydrogens (tertiary/aromatic N) is 4. The summed E-state index contributed by atoms with van der Waals surface area (Å²) >= 11 is 1.63. The van der Waals surface area contributed by atoms with Crippen molar-refractivity contribution < 1.29 is 4.79 Å². The standard InChI is InChI=1S/C15H16N4OS/c1-3-5-18(10-12-4-8-21-11-12)15(20)13-9-16-19-7-6-17(2)14(13)19/h3-4,6-9,11H,1,5,10H2,2H3. The van der Waals surface area contributed by atoms with Crippen LogP contribution in [0.3, 0.4) is 0 Å². The second kappa shape index (κ2) is 5.57. The highest BCUT2D eigenvalue weighted by molar-refractivity contribution is 7.07. The molecule has 0 saturated carbocycles. The lowest BCUT2D eigenvalue weighted by molar-refractivity contribution is 0.0764. The lowest BCUT2D eigenvalue weighted by atomic mass is 10.2. The number of amides is 1. The van der Waals surface area contributed by atoms with Gasteiger partial charge in [0, 0.05) is 32.5 Å². The van der Waals surface area contributed by atoms with Crippen LogP contribution in [0.5, 0.6) is 0 Å². The molecule has 6 heteroatoms. The van der Waals surface area contributed by atoms with Crippen LogP contribution >= 0.6 is 11.3 Å². The molecule has 21 heavy (non-hydrogen) atoms. The average molecular weight is 300 g/mol. The monoisotopic (exact) mass is 300 g/mol. The third-order valence-electron chi connectivity index (χ3n) is 3.36. The first-order valence-electron chi connectivity index (χ1n) is 6.60. The largest absolute Gasteiger partial charge is 0.334 e. The minimum absolute atomic E-state index is 0.0297. The summed E-state index contributed by atoms with van der Waals surface area (Å²) in [5, 5.41) is 8.29. The van der Waals surface area contributed by atoms with E-state index in [1.54, 1.807) is 33.0 Å². The predicted molar refractivity (Wildman–Crippen MR) is 83.4 cm³/mol. The summed E-state index contributed by atoms with van der Waals surface area (Å²) in [5.41, 5.74) is 2.55. The van der Waals surface area contributed by atoms with Crippen LogP contribution in [0.25, 0.3) is 5.65 Å². The Labute approximate surface area is 126 Å². The molecule has 0 atom stereocenters. The summed E-state index contributed by atoms with van der Waals surface area (Å²) in [5.74, 6) is -0.0297. The molecule has 3 rings (SSSR count). The average Bonchev–Trinajstić information content (AvgIpc) is 3.17. The molecular formula is C15H16N4OS. The van der Waals surface area contributed by atoms with E-state index in [0.717, 1.165) is 11.2 Å². The molecule has 5 nitrogen and oxygen atoms in total. The summed E-state index contributed by atoms with van der Waals surface area (Å²) in [6, 6.07) is 2.03. The van der Waals surface area contributed by atoms with E-state index in [9.17, 15) is 4.79 Å². The number of thiophene rings is 1. The molecule has 0 aromatic carbocycles. The zero-order valence-corrected chi connectivity index (χ0v) is 12.6. The molecule has 0 fully saturated rings. The topological polar surface area (TPSA) is 42.5 Å². The van der Waals surface area contributed by atoms with Crippen molar-refractivity contribution in [3.8, 4) is 0 Å². The molecule has 0 N–H and O–H groups in total. The lowest BCUT2D eigenvalue weighted by Crippen LogP contribution is -2.30. The number of hydrogen-bond acceptors (Lipinski definition) is 3. The van der Waals surface area contributed by atoms with E-state index in [-0.39, 0.29) is 5.91 Å². The van der Waals surface area contributed by atoms with E-state index < -0.39 is 0 Å². The first-order chi connectivity index (χ1) is 10.2. The van der Waals surface area contributed by atoms with Crippen LogP contribution < -0.4 is 0 Å². The van der Waals surface area contributed by atoms with Gasteiger partial charge >= 0.3 is 0 Å². The van der Waals surface area contributed by atoms with Gasteiger partial charge in [-0.25, -0.2) is 4.52 Å². The van der Waals surface area contributed by atoms with Crippen molar-refractivity contribution in [2.45, 2.75) is 6.54 Å². The molecule has 0 aliphatic heterocycles. The van der Waals surface area contributed by atoms with Gasteiger partial charge in [0.1, 0.15) is 11.2 Å². The van der Waals surface area contributed by atoms with E-state index >= 15 is 0 Å². The van der Waals surface area contributed by atoms with Crippen molar-refractivity contribution in [1.29, 1.82) is 0 Å². The molecule has 108 valence electrons. The van der Waals surface area contributed by atoms with E-state index in [4.69, 9.17) is 0 Å². The third kappa shape index (κ3) is 2.50. The van der Waals surface area contributed by atoms with Crippen LogP contribution in [0.1, 0.15) is 15.9 Å². The van der Waals surface area contributed by atoms with Crippen LogP contribution in [-0.2, 0) is 13.6 Å². The lowest BCUT2D eigenvalue weighted by Gasteiger charge is -2.20. The van der Waals surface area contributed by atoms with Gasteiger partial charge in [-0.1, -0.05) is 6.08 Å². The van der Waals surface area contributed by atoms with Gasteiger partial charge in [0.2, 0.25) is 0 Å². The molecule has 0 bridgehead atoms. The van der Waals surface area contributed by atoms with E-state index in [0.29, 0.717) is 18.7 Å². The van der Waals surface area contributed by atoms with Crippen molar-refractivity contribution in [2.24, 2.45) is 7.05 Å². The highest BCUT2D eigenvalue weighted by Gasteiger charge is 2.21. The fourth-order valence-corrected chi connectivity index (χ4v) is 3.01. The number of carbonyl (C=O) groups is 1. The smallest absolute Gasteiger partial charge is 0.259 e. The van der Waals surface area contributed by atoms with Crippen molar-refractivity contribution in [1.82, 2.24) is 19.1 Å². The number of aromatic nitrogens is 3. The molecule has 0 saturated heterocycles. The fraction of sp³-hybridized carbons (Fsp3) is 0.200. The van der Waals surface area contributed by atoms with Gasteiger partial charge in [-0.2, -0.15) is 16.4 Å². The minimum Gasteiger partial charge on any atom is -0.334 e. The zero-order valence-electron chi connectivity index (χ0n) is 11.8. The van der Waals surface area contributed by atoms with E-state index in [2.05, 4.69) is 17.1 Å². The number of hydrogen-bond donors (Lipinski definition) is 0. The van der Waals surface area contributed by atoms with Gasteiger partial charge < -0.3 is 9.47 Å². The summed E-state index contributed by atoms with van der Waals surface area (Å²) in [4.78, 5) is 14.6. The summed E-state index contributed by atoms with van der Waals surface area (Å²) in [7, 11) is 1.91. The number of carbonyl (C=O) groups excluding carboxylic acids is 1. The quantitative estimate of drug-likeness (QED) is 0.680. The Morgan fingerprint density at radius 3 is 3.10 bits per heavy atom. The maximum atomic E-state index is 12.8. The molecule has 0 aliphatic rings. The maximum absolute atomic E-state index is 12.8. The predicted octanol–water partition coefficient (Wildman–Crippen LogP) is 2.56. The second-order valence-corrected chi connectivity index (χ2v) is 5.62. The molecular weight excluding hydrogens is 284 g/mol. The number of aryl methyl sites for hydroxylation is 1. The first kappa shape index (κ1) is 13.6. The molecule has 3 heterocycles. The first-order valence-corrected chi connectivity index (χ1v) is 7.55. The Kier molecular flexibility index (Phi) is 3.62. The van der Waals surface area contributed by atoms with Gasteiger partial charge in [-0.3, -0.25) is 4.79 Å². The minimum atomic E-state index is -0.0297. The molecule has 0 unspecified atom stereocenters. The van der Waals surface area contributed by atoms with Gasteiger partial charge in [0.15, 0.2) is 0 Å². The molecule has 0 aliphatic carbocycles. The summed E-state index contributed by atoms with van der Waals surface area (Å²) < 4.78 is 3.61. The van der Waals surface area contributed by atoms with Gasteiger partial charge in [0.25, 0.3) is 5.91 Å². The SMILES string of the molecule is C=CCN(Cc1ccsc1)C(=O)c1cnn2ccn(C)c12. The zero-order chi connectivity index (χ0) is 14.8. The Balaban J connectivity index is 1.93. The maximum Gasteiger partial charge on any atom is 0.259 e. The Bertz CT molecular complexity index is 769. The van der Waals surface area contributed by atoms with Gasteiger partial charge in [0.05, 0.1) is 6.20 Å². The molecule has 3 aromatic heterocycles. The van der Waals surface area contributed by atoms with Crippen LogP contribution in [0.4, 0.5) is 0 Å². The number of fused-ring (bicyclic) bond motifs is 1. The number of imidazole rings is 1. The molecule has 1 amide bonds.